The lowest BCUT2D eigenvalue weighted by molar-refractivity contribution is -0.379. The SMILES string of the molecule is Cc1cccc(Nc2c([N+](=O)[O-])sc3c(Br)cccc23)c1. The van der Waals surface area contributed by atoms with Crippen molar-refractivity contribution >= 4 is 53.7 Å². The summed E-state index contributed by atoms with van der Waals surface area (Å²) in [5.41, 5.74) is 2.49. The van der Waals surface area contributed by atoms with Gasteiger partial charge in [-0.05, 0) is 46.6 Å². The average Bonchev–Trinajstić information content (AvgIpc) is 2.80. The normalized spacial score (nSPS) is 10.8. The molecular formula is C15H11BrN2O2S. The molecule has 0 fully saturated rings. The highest BCUT2D eigenvalue weighted by atomic mass is 79.9. The van der Waals surface area contributed by atoms with Crippen molar-refractivity contribution < 1.29 is 4.92 Å². The molecule has 0 spiro atoms. The Labute approximate surface area is 133 Å². The lowest BCUT2D eigenvalue weighted by atomic mass is 10.2. The van der Waals surface area contributed by atoms with Crippen molar-refractivity contribution in [1.29, 1.82) is 0 Å². The van der Waals surface area contributed by atoms with E-state index in [-0.39, 0.29) is 9.92 Å². The highest BCUT2D eigenvalue weighted by Gasteiger charge is 2.22. The number of nitrogens with zero attached hydrogens (tertiary/aromatic N) is 1. The minimum Gasteiger partial charge on any atom is -0.349 e. The summed E-state index contributed by atoms with van der Waals surface area (Å²) in [6, 6.07) is 13.4. The first kappa shape index (κ1) is 14.0. The Kier molecular flexibility index (Phi) is 3.65. The van der Waals surface area contributed by atoms with E-state index in [4.69, 9.17) is 0 Å². The molecule has 106 valence electrons. The maximum absolute atomic E-state index is 11.3. The van der Waals surface area contributed by atoms with Crippen molar-refractivity contribution in [1.82, 2.24) is 0 Å². The van der Waals surface area contributed by atoms with Crippen LogP contribution in [0.3, 0.4) is 0 Å². The van der Waals surface area contributed by atoms with Crippen molar-refractivity contribution in [3.63, 3.8) is 0 Å². The molecule has 0 atom stereocenters. The first-order chi connectivity index (χ1) is 10.1. The molecule has 0 bridgehead atoms. The Hall–Kier alpha value is -1.92. The Bertz CT molecular complexity index is 845. The number of fused-ring (bicyclic) bond motifs is 1. The molecular weight excluding hydrogens is 352 g/mol. The maximum Gasteiger partial charge on any atom is 0.348 e. The van der Waals surface area contributed by atoms with Gasteiger partial charge in [0, 0.05) is 15.5 Å². The Balaban J connectivity index is 2.18. The van der Waals surface area contributed by atoms with Crippen LogP contribution in [-0.4, -0.2) is 4.92 Å². The van der Waals surface area contributed by atoms with Gasteiger partial charge in [-0.2, -0.15) is 0 Å². The number of rotatable bonds is 3. The molecule has 0 saturated heterocycles. The predicted molar refractivity (Wildman–Crippen MR) is 90.6 cm³/mol. The average molecular weight is 363 g/mol. The molecule has 6 heteroatoms. The molecule has 0 amide bonds. The summed E-state index contributed by atoms with van der Waals surface area (Å²) in [4.78, 5) is 11.0. The first-order valence-corrected chi connectivity index (χ1v) is 7.86. The maximum atomic E-state index is 11.3. The van der Waals surface area contributed by atoms with Gasteiger partial charge >= 0.3 is 5.00 Å². The Morgan fingerprint density at radius 3 is 2.71 bits per heavy atom. The van der Waals surface area contributed by atoms with Crippen LogP contribution in [0.25, 0.3) is 10.1 Å². The molecule has 3 rings (SSSR count). The van der Waals surface area contributed by atoms with Crippen molar-refractivity contribution in [2.75, 3.05) is 5.32 Å². The standard InChI is InChI=1S/C15H11BrN2O2S/c1-9-4-2-5-10(8-9)17-13-11-6-3-7-12(16)14(11)21-15(13)18(19)20/h2-8,17H,1H3. The van der Waals surface area contributed by atoms with Crippen LogP contribution in [0.15, 0.2) is 46.9 Å². The van der Waals surface area contributed by atoms with Crippen LogP contribution < -0.4 is 5.32 Å². The number of halogens is 1. The van der Waals surface area contributed by atoms with Crippen molar-refractivity contribution in [3.05, 3.63) is 62.6 Å². The van der Waals surface area contributed by atoms with Gasteiger partial charge in [-0.3, -0.25) is 10.1 Å². The number of hydrogen-bond donors (Lipinski definition) is 1. The van der Waals surface area contributed by atoms with Crippen LogP contribution in [0.2, 0.25) is 0 Å². The molecule has 2 aromatic carbocycles. The second kappa shape index (κ2) is 5.46. The number of nitro groups is 1. The quantitative estimate of drug-likeness (QED) is 0.485. The summed E-state index contributed by atoms with van der Waals surface area (Å²) in [7, 11) is 0. The molecule has 1 N–H and O–H groups in total. The minimum absolute atomic E-state index is 0.124. The predicted octanol–water partition coefficient (Wildman–Crippen LogP) is 5.62. The van der Waals surface area contributed by atoms with E-state index in [1.54, 1.807) is 0 Å². The van der Waals surface area contributed by atoms with Crippen molar-refractivity contribution in [2.24, 2.45) is 0 Å². The fourth-order valence-electron chi connectivity index (χ4n) is 2.19. The lowest BCUT2D eigenvalue weighted by Crippen LogP contribution is -1.94. The molecule has 1 heterocycles. The van der Waals surface area contributed by atoms with E-state index in [1.165, 1.54) is 11.3 Å². The zero-order valence-electron chi connectivity index (χ0n) is 11.1. The van der Waals surface area contributed by atoms with E-state index in [2.05, 4.69) is 21.2 Å². The largest absolute Gasteiger partial charge is 0.349 e. The molecule has 0 saturated carbocycles. The molecule has 4 nitrogen and oxygen atoms in total. The summed E-state index contributed by atoms with van der Waals surface area (Å²) in [5, 5.41) is 15.5. The summed E-state index contributed by atoms with van der Waals surface area (Å²) in [6.07, 6.45) is 0. The van der Waals surface area contributed by atoms with Gasteiger partial charge in [0.05, 0.1) is 9.62 Å². The van der Waals surface area contributed by atoms with Crippen LogP contribution in [-0.2, 0) is 0 Å². The van der Waals surface area contributed by atoms with E-state index >= 15 is 0 Å². The minimum atomic E-state index is -0.338. The number of aryl methyl sites for hydroxylation is 1. The number of hydrogen-bond acceptors (Lipinski definition) is 4. The third-order valence-corrected chi connectivity index (χ3v) is 5.22. The van der Waals surface area contributed by atoms with Crippen LogP contribution in [0.4, 0.5) is 16.4 Å². The van der Waals surface area contributed by atoms with Gasteiger partial charge in [-0.15, -0.1) is 0 Å². The van der Waals surface area contributed by atoms with E-state index < -0.39 is 0 Å². The van der Waals surface area contributed by atoms with Gasteiger partial charge in [0.15, 0.2) is 0 Å². The van der Waals surface area contributed by atoms with E-state index in [0.29, 0.717) is 5.69 Å². The second-order valence-electron chi connectivity index (χ2n) is 4.65. The van der Waals surface area contributed by atoms with Crippen LogP contribution in [0, 0.1) is 17.0 Å². The first-order valence-electron chi connectivity index (χ1n) is 6.25. The molecule has 0 unspecified atom stereocenters. The van der Waals surface area contributed by atoms with Gasteiger partial charge in [-0.25, -0.2) is 0 Å². The van der Waals surface area contributed by atoms with Crippen LogP contribution in [0.1, 0.15) is 5.56 Å². The van der Waals surface area contributed by atoms with Gasteiger partial charge in [0.25, 0.3) is 0 Å². The van der Waals surface area contributed by atoms with Gasteiger partial charge in [0.2, 0.25) is 0 Å². The van der Waals surface area contributed by atoms with Crippen molar-refractivity contribution in [2.45, 2.75) is 6.92 Å². The summed E-state index contributed by atoms with van der Waals surface area (Å²) < 4.78 is 1.74. The molecule has 1 aromatic heterocycles. The number of thiophene rings is 1. The number of nitrogens with one attached hydrogen (secondary N) is 1. The van der Waals surface area contributed by atoms with Gasteiger partial charge in [-0.1, -0.05) is 35.6 Å². The van der Waals surface area contributed by atoms with E-state index in [0.717, 1.165) is 25.8 Å². The van der Waals surface area contributed by atoms with E-state index in [9.17, 15) is 10.1 Å². The van der Waals surface area contributed by atoms with Gasteiger partial charge < -0.3 is 5.32 Å². The van der Waals surface area contributed by atoms with E-state index in [1.807, 2.05) is 49.4 Å². The molecule has 3 aromatic rings. The third kappa shape index (κ3) is 2.64. The topological polar surface area (TPSA) is 55.2 Å². The number of anilines is 2. The highest BCUT2D eigenvalue weighted by molar-refractivity contribution is 9.10. The molecule has 0 aliphatic rings. The third-order valence-electron chi connectivity index (χ3n) is 3.10. The van der Waals surface area contributed by atoms with Crippen molar-refractivity contribution in [3.8, 4) is 0 Å². The highest BCUT2D eigenvalue weighted by Crippen LogP contribution is 2.45. The van der Waals surface area contributed by atoms with Crippen LogP contribution in [0.5, 0.6) is 0 Å². The molecule has 21 heavy (non-hydrogen) atoms. The zero-order valence-corrected chi connectivity index (χ0v) is 13.5. The number of benzene rings is 2. The van der Waals surface area contributed by atoms with Gasteiger partial charge in [0.1, 0.15) is 5.69 Å². The second-order valence-corrected chi connectivity index (χ2v) is 6.50. The smallest absolute Gasteiger partial charge is 0.348 e. The monoisotopic (exact) mass is 362 g/mol. The fraction of sp³-hybridized carbons (Fsp3) is 0.0667. The molecule has 0 radical (unpaired) electrons. The summed E-state index contributed by atoms with van der Waals surface area (Å²) >= 11 is 4.62. The Morgan fingerprint density at radius 1 is 1.24 bits per heavy atom. The molecule has 0 aliphatic carbocycles. The zero-order chi connectivity index (χ0) is 15.0. The fourth-order valence-corrected chi connectivity index (χ4v) is 3.77. The van der Waals surface area contributed by atoms with Crippen LogP contribution >= 0.6 is 27.3 Å². The molecule has 0 aliphatic heterocycles. The summed E-state index contributed by atoms with van der Waals surface area (Å²) in [5.74, 6) is 0. The Morgan fingerprint density at radius 2 is 2.00 bits per heavy atom. The summed E-state index contributed by atoms with van der Waals surface area (Å²) in [6.45, 7) is 1.99. The lowest BCUT2D eigenvalue weighted by Gasteiger charge is -2.06.